The van der Waals surface area contributed by atoms with Gasteiger partial charge in [0.05, 0.1) is 5.52 Å². The molecule has 0 spiro atoms. The first-order valence-electron chi connectivity index (χ1n) is 4.66. The van der Waals surface area contributed by atoms with Crippen LogP contribution in [0.1, 0.15) is 18.2 Å². The Kier molecular flexibility index (Phi) is 2.01. The van der Waals surface area contributed by atoms with Gasteiger partial charge in [0.25, 0.3) is 0 Å². The van der Waals surface area contributed by atoms with Gasteiger partial charge in [0.1, 0.15) is 0 Å². The van der Waals surface area contributed by atoms with E-state index in [0.29, 0.717) is 0 Å². The van der Waals surface area contributed by atoms with Crippen LogP contribution in [-0.4, -0.2) is 4.98 Å². The molecule has 0 saturated carbocycles. The summed E-state index contributed by atoms with van der Waals surface area (Å²) < 4.78 is 0. The lowest BCUT2D eigenvalue weighted by Crippen LogP contribution is -1.89. The fraction of sp³-hybridized carbons (Fsp3) is 0.250. The van der Waals surface area contributed by atoms with Crippen LogP contribution in [-0.2, 0) is 6.42 Å². The van der Waals surface area contributed by atoms with Gasteiger partial charge in [-0.1, -0.05) is 31.2 Å². The highest BCUT2D eigenvalue weighted by Gasteiger charge is 1.98. The second-order valence-corrected chi connectivity index (χ2v) is 3.30. The molecule has 0 fully saturated rings. The first-order valence-corrected chi connectivity index (χ1v) is 4.66. The summed E-state index contributed by atoms with van der Waals surface area (Å²) in [6.07, 6.45) is 1.00. The molecule has 1 aromatic heterocycles. The predicted octanol–water partition coefficient (Wildman–Crippen LogP) is 3.11. The van der Waals surface area contributed by atoms with E-state index < -0.39 is 0 Å². The Morgan fingerprint density at radius 2 is 2.00 bits per heavy atom. The zero-order valence-corrected chi connectivity index (χ0v) is 8.04. The molecule has 0 saturated heterocycles. The van der Waals surface area contributed by atoms with Crippen LogP contribution in [0.5, 0.6) is 0 Å². The lowest BCUT2D eigenvalue weighted by atomic mass is 10.1. The van der Waals surface area contributed by atoms with Gasteiger partial charge in [0, 0.05) is 11.1 Å². The minimum Gasteiger partial charge on any atom is -0.253 e. The average Bonchev–Trinajstić information content (AvgIpc) is 2.18. The van der Waals surface area contributed by atoms with Crippen LogP contribution < -0.4 is 0 Å². The van der Waals surface area contributed by atoms with Crippen LogP contribution in [0.15, 0.2) is 30.3 Å². The number of aryl methyl sites for hydroxylation is 2. The summed E-state index contributed by atoms with van der Waals surface area (Å²) in [5, 5.41) is 1.23. The van der Waals surface area contributed by atoms with Gasteiger partial charge in [0.15, 0.2) is 0 Å². The van der Waals surface area contributed by atoms with Crippen molar-refractivity contribution >= 4 is 10.9 Å². The lowest BCUT2D eigenvalue weighted by molar-refractivity contribution is 1.05. The summed E-state index contributed by atoms with van der Waals surface area (Å²) in [4.78, 5) is 4.59. The van der Waals surface area contributed by atoms with Gasteiger partial charge < -0.3 is 0 Å². The summed E-state index contributed by atoms with van der Waals surface area (Å²) in [7, 11) is 0. The first-order chi connectivity index (χ1) is 6.31. The molecule has 1 heterocycles. The van der Waals surface area contributed by atoms with E-state index in [1.807, 2.05) is 0 Å². The standard InChI is InChI=1S/C12H13N/c1-3-11-8-7-10-6-4-5-9(2)12(10)13-11/h4-8H,3H2,1-2H3. The van der Waals surface area contributed by atoms with Crippen LogP contribution in [0.4, 0.5) is 0 Å². The summed E-state index contributed by atoms with van der Waals surface area (Å²) >= 11 is 0. The molecule has 66 valence electrons. The molecule has 0 radical (unpaired) electrons. The molecular weight excluding hydrogens is 158 g/mol. The molecule has 0 atom stereocenters. The van der Waals surface area contributed by atoms with Gasteiger partial charge in [-0.3, -0.25) is 4.98 Å². The van der Waals surface area contributed by atoms with Crippen LogP contribution in [0, 0.1) is 6.92 Å². The average molecular weight is 171 g/mol. The van der Waals surface area contributed by atoms with Gasteiger partial charge in [-0.05, 0) is 25.0 Å². The lowest BCUT2D eigenvalue weighted by Gasteiger charge is -2.02. The first kappa shape index (κ1) is 8.24. The minimum atomic E-state index is 1.00. The molecule has 0 amide bonds. The van der Waals surface area contributed by atoms with Crippen LogP contribution in [0.2, 0.25) is 0 Å². The number of benzene rings is 1. The highest BCUT2D eigenvalue weighted by molar-refractivity contribution is 5.81. The SMILES string of the molecule is CCc1ccc2cccc(C)c2n1. The number of rotatable bonds is 1. The van der Waals surface area contributed by atoms with Crippen molar-refractivity contribution in [3.8, 4) is 0 Å². The molecule has 0 unspecified atom stereocenters. The smallest absolute Gasteiger partial charge is 0.0734 e. The van der Waals surface area contributed by atoms with E-state index in [4.69, 9.17) is 0 Å². The van der Waals surface area contributed by atoms with E-state index in [1.165, 1.54) is 16.6 Å². The summed E-state index contributed by atoms with van der Waals surface area (Å²) in [5.41, 5.74) is 3.57. The zero-order chi connectivity index (χ0) is 9.26. The highest BCUT2D eigenvalue weighted by atomic mass is 14.7. The molecule has 1 nitrogen and oxygen atoms in total. The Bertz CT molecular complexity index is 432. The molecule has 0 bridgehead atoms. The second kappa shape index (κ2) is 3.17. The van der Waals surface area contributed by atoms with E-state index in [9.17, 15) is 0 Å². The van der Waals surface area contributed by atoms with Crippen molar-refractivity contribution in [2.45, 2.75) is 20.3 Å². The van der Waals surface area contributed by atoms with Crippen LogP contribution in [0.25, 0.3) is 10.9 Å². The van der Waals surface area contributed by atoms with E-state index >= 15 is 0 Å². The van der Waals surface area contributed by atoms with Crippen LogP contribution in [0.3, 0.4) is 0 Å². The summed E-state index contributed by atoms with van der Waals surface area (Å²) in [5.74, 6) is 0. The maximum absolute atomic E-state index is 4.59. The molecule has 1 aromatic carbocycles. The topological polar surface area (TPSA) is 12.9 Å². The second-order valence-electron chi connectivity index (χ2n) is 3.30. The Hall–Kier alpha value is -1.37. The molecule has 2 aromatic rings. The Balaban J connectivity index is 2.74. The Morgan fingerprint density at radius 3 is 2.77 bits per heavy atom. The number of hydrogen-bond donors (Lipinski definition) is 0. The molecule has 13 heavy (non-hydrogen) atoms. The molecular formula is C12H13N. The van der Waals surface area contributed by atoms with Gasteiger partial charge in [0.2, 0.25) is 0 Å². The number of nitrogens with zero attached hydrogens (tertiary/aromatic N) is 1. The predicted molar refractivity (Wildman–Crippen MR) is 55.9 cm³/mol. The maximum Gasteiger partial charge on any atom is 0.0734 e. The zero-order valence-electron chi connectivity index (χ0n) is 8.04. The minimum absolute atomic E-state index is 1.00. The summed E-state index contributed by atoms with van der Waals surface area (Å²) in [6.45, 7) is 4.24. The van der Waals surface area contributed by atoms with E-state index in [-0.39, 0.29) is 0 Å². The fourth-order valence-electron chi connectivity index (χ4n) is 1.53. The van der Waals surface area contributed by atoms with E-state index in [0.717, 1.165) is 11.9 Å². The number of pyridine rings is 1. The third kappa shape index (κ3) is 1.42. The van der Waals surface area contributed by atoms with Crippen molar-refractivity contribution in [2.24, 2.45) is 0 Å². The quantitative estimate of drug-likeness (QED) is 0.642. The number of aromatic nitrogens is 1. The third-order valence-electron chi connectivity index (χ3n) is 2.34. The van der Waals surface area contributed by atoms with Gasteiger partial charge >= 0.3 is 0 Å². The van der Waals surface area contributed by atoms with Gasteiger partial charge in [-0.15, -0.1) is 0 Å². The largest absolute Gasteiger partial charge is 0.253 e. The number of hydrogen-bond acceptors (Lipinski definition) is 1. The van der Waals surface area contributed by atoms with E-state index in [1.54, 1.807) is 0 Å². The Morgan fingerprint density at radius 1 is 1.15 bits per heavy atom. The van der Waals surface area contributed by atoms with Crippen molar-refractivity contribution < 1.29 is 0 Å². The van der Waals surface area contributed by atoms with Crippen molar-refractivity contribution in [3.63, 3.8) is 0 Å². The fourth-order valence-corrected chi connectivity index (χ4v) is 1.53. The molecule has 0 aliphatic heterocycles. The maximum atomic E-state index is 4.59. The monoisotopic (exact) mass is 171 g/mol. The third-order valence-corrected chi connectivity index (χ3v) is 2.34. The highest BCUT2D eigenvalue weighted by Crippen LogP contribution is 2.16. The van der Waals surface area contributed by atoms with Crippen molar-refractivity contribution in [3.05, 3.63) is 41.6 Å². The normalized spacial score (nSPS) is 10.6. The molecule has 0 aliphatic carbocycles. The number of para-hydroxylation sites is 1. The summed E-state index contributed by atoms with van der Waals surface area (Å²) in [6, 6.07) is 10.5. The van der Waals surface area contributed by atoms with E-state index in [2.05, 4.69) is 49.2 Å². The van der Waals surface area contributed by atoms with Crippen molar-refractivity contribution in [1.82, 2.24) is 4.98 Å². The van der Waals surface area contributed by atoms with Gasteiger partial charge in [-0.2, -0.15) is 0 Å². The molecule has 2 rings (SSSR count). The van der Waals surface area contributed by atoms with Crippen LogP contribution >= 0.6 is 0 Å². The van der Waals surface area contributed by atoms with Crippen molar-refractivity contribution in [1.29, 1.82) is 0 Å². The molecule has 0 aliphatic rings. The van der Waals surface area contributed by atoms with Crippen molar-refractivity contribution in [2.75, 3.05) is 0 Å². The van der Waals surface area contributed by atoms with Gasteiger partial charge in [-0.25, -0.2) is 0 Å². The Labute approximate surface area is 78.4 Å². The molecule has 1 heteroatoms. The number of fused-ring (bicyclic) bond motifs is 1. The molecule has 0 N–H and O–H groups in total.